The maximum absolute atomic E-state index is 12.1. The van der Waals surface area contributed by atoms with E-state index in [4.69, 9.17) is 9.15 Å². The van der Waals surface area contributed by atoms with E-state index in [2.05, 4.69) is 9.72 Å². The van der Waals surface area contributed by atoms with E-state index in [1.165, 1.54) is 26.2 Å². The van der Waals surface area contributed by atoms with Crippen LogP contribution in [0.25, 0.3) is 0 Å². The lowest BCUT2D eigenvalue weighted by atomic mass is 10.1. The highest BCUT2D eigenvalue weighted by molar-refractivity contribution is 6.01. The monoisotopic (exact) mass is 319 g/mol. The van der Waals surface area contributed by atoms with E-state index in [0.29, 0.717) is 22.6 Å². The molecule has 0 aliphatic heterocycles. The third-order valence-electron chi connectivity index (χ3n) is 3.39. The van der Waals surface area contributed by atoms with Crippen molar-refractivity contribution in [3.05, 3.63) is 46.2 Å². The molecule has 0 radical (unpaired) electrons. The van der Waals surface area contributed by atoms with Crippen LogP contribution in [0.5, 0.6) is 0 Å². The zero-order valence-corrected chi connectivity index (χ0v) is 13.3. The van der Waals surface area contributed by atoms with Gasteiger partial charge in [-0.05, 0) is 38.5 Å². The maximum Gasteiger partial charge on any atom is 0.373 e. The van der Waals surface area contributed by atoms with E-state index in [-0.39, 0.29) is 23.8 Å². The topological polar surface area (TPSA) is 98.6 Å². The number of aromatic nitrogens is 1. The van der Waals surface area contributed by atoms with Crippen molar-refractivity contribution in [2.45, 2.75) is 27.4 Å². The summed E-state index contributed by atoms with van der Waals surface area (Å²) in [5.74, 6) is -0.988. The molecule has 23 heavy (non-hydrogen) atoms. The van der Waals surface area contributed by atoms with Gasteiger partial charge in [0.25, 0.3) is 0 Å². The quantitative estimate of drug-likeness (QED) is 0.672. The number of aryl methyl sites for hydroxylation is 1. The summed E-state index contributed by atoms with van der Waals surface area (Å²) in [5, 5.41) is 0. The number of hydrogen-bond donors (Lipinski definition) is 1. The van der Waals surface area contributed by atoms with Crippen LogP contribution < -0.4 is 0 Å². The van der Waals surface area contributed by atoms with E-state index in [1.54, 1.807) is 13.8 Å². The summed E-state index contributed by atoms with van der Waals surface area (Å²) < 4.78 is 14.9. The van der Waals surface area contributed by atoms with Crippen LogP contribution in [0.1, 0.15) is 55.3 Å². The molecule has 0 aliphatic carbocycles. The van der Waals surface area contributed by atoms with Crippen LogP contribution in [0.2, 0.25) is 0 Å². The van der Waals surface area contributed by atoms with Crippen LogP contribution in [0.15, 0.2) is 16.5 Å². The molecule has 2 rings (SSSR count). The minimum Gasteiger partial charge on any atom is -0.463 e. The van der Waals surface area contributed by atoms with E-state index in [0.717, 1.165) is 0 Å². The van der Waals surface area contributed by atoms with Gasteiger partial charge in [-0.15, -0.1) is 0 Å². The minimum absolute atomic E-state index is 0.0318. The third kappa shape index (κ3) is 3.33. The predicted octanol–water partition coefficient (Wildman–Crippen LogP) is 2.57. The Balaban J connectivity index is 2.08. The molecule has 0 unspecified atom stereocenters. The zero-order valence-electron chi connectivity index (χ0n) is 13.3. The molecule has 0 spiro atoms. The number of H-pyrrole nitrogens is 1. The van der Waals surface area contributed by atoms with E-state index < -0.39 is 11.9 Å². The second-order valence-electron chi connectivity index (χ2n) is 5.01. The average Bonchev–Trinajstić information content (AvgIpc) is 3.08. The first-order valence-electron chi connectivity index (χ1n) is 6.89. The van der Waals surface area contributed by atoms with Gasteiger partial charge in [0.05, 0.1) is 7.11 Å². The van der Waals surface area contributed by atoms with Gasteiger partial charge in [-0.1, -0.05) is 0 Å². The first kappa shape index (κ1) is 16.5. The summed E-state index contributed by atoms with van der Waals surface area (Å²) in [6.07, 6.45) is 0. The van der Waals surface area contributed by atoms with Gasteiger partial charge in [0.1, 0.15) is 18.1 Å². The van der Waals surface area contributed by atoms with Gasteiger partial charge in [-0.25, -0.2) is 9.59 Å². The fourth-order valence-corrected chi connectivity index (χ4v) is 2.36. The third-order valence-corrected chi connectivity index (χ3v) is 3.39. The molecule has 0 bridgehead atoms. The standard InChI is InChI=1S/C16H17NO6/c1-8-13(10(3)18)9(2)17-14(8)16(20)22-7-11-5-6-12(23-11)15(19)21-4/h5-6,17H,7H2,1-4H3. The molecule has 0 fully saturated rings. The number of ether oxygens (including phenoxy) is 2. The first-order chi connectivity index (χ1) is 10.8. The number of ketones is 1. The van der Waals surface area contributed by atoms with Crippen LogP contribution in [-0.2, 0) is 16.1 Å². The number of esters is 2. The van der Waals surface area contributed by atoms with Crippen molar-refractivity contribution in [1.29, 1.82) is 0 Å². The Hall–Kier alpha value is -2.83. The molecule has 2 heterocycles. The smallest absolute Gasteiger partial charge is 0.373 e. The fourth-order valence-electron chi connectivity index (χ4n) is 2.36. The van der Waals surface area contributed by atoms with Gasteiger partial charge >= 0.3 is 11.9 Å². The summed E-state index contributed by atoms with van der Waals surface area (Å²) in [5.41, 5.74) is 1.89. The van der Waals surface area contributed by atoms with Crippen molar-refractivity contribution in [1.82, 2.24) is 4.98 Å². The molecule has 1 N–H and O–H groups in total. The predicted molar refractivity (Wildman–Crippen MR) is 79.4 cm³/mol. The zero-order chi connectivity index (χ0) is 17.1. The molecule has 0 saturated heterocycles. The van der Waals surface area contributed by atoms with Crippen LogP contribution in [0.4, 0.5) is 0 Å². The molecule has 122 valence electrons. The summed E-state index contributed by atoms with van der Waals surface area (Å²) in [6.45, 7) is 4.70. The lowest BCUT2D eigenvalue weighted by Crippen LogP contribution is -2.07. The van der Waals surface area contributed by atoms with Crippen LogP contribution in [-0.4, -0.2) is 29.8 Å². The number of methoxy groups -OCH3 is 1. The van der Waals surface area contributed by atoms with Crippen LogP contribution >= 0.6 is 0 Å². The van der Waals surface area contributed by atoms with Gasteiger partial charge in [0, 0.05) is 11.3 Å². The number of Topliss-reactive ketones (excluding diaryl/α,β-unsaturated/α-hetero) is 1. The summed E-state index contributed by atoms with van der Waals surface area (Å²) in [6, 6.07) is 2.96. The first-order valence-corrected chi connectivity index (χ1v) is 6.89. The number of nitrogens with one attached hydrogen (secondary N) is 1. The van der Waals surface area contributed by atoms with Gasteiger partial charge in [0.2, 0.25) is 5.76 Å². The Labute approximate surface area is 132 Å². The number of carbonyl (C=O) groups excluding carboxylic acids is 3. The van der Waals surface area contributed by atoms with Crippen LogP contribution in [0, 0.1) is 13.8 Å². The molecule has 0 amide bonds. The minimum atomic E-state index is -0.607. The highest BCUT2D eigenvalue weighted by Gasteiger charge is 2.21. The lowest BCUT2D eigenvalue weighted by Gasteiger charge is -2.02. The molecular weight excluding hydrogens is 302 g/mol. The highest BCUT2D eigenvalue weighted by atomic mass is 16.6. The number of hydrogen-bond acceptors (Lipinski definition) is 6. The van der Waals surface area contributed by atoms with E-state index in [1.807, 2.05) is 0 Å². The molecular formula is C16H17NO6. The molecule has 0 aromatic carbocycles. The maximum atomic E-state index is 12.1. The molecule has 2 aromatic heterocycles. The van der Waals surface area contributed by atoms with Crippen LogP contribution in [0.3, 0.4) is 0 Å². The van der Waals surface area contributed by atoms with Crippen molar-refractivity contribution in [3.63, 3.8) is 0 Å². The summed E-state index contributed by atoms with van der Waals surface area (Å²) in [7, 11) is 1.24. The molecule has 7 nitrogen and oxygen atoms in total. The largest absolute Gasteiger partial charge is 0.463 e. The fraction of sp³-hybridized carbons (Fsp3) is 0.312. The average molecular weight is 319 g/mol. The summed E-state index contributed by atoms with van der Waals surface area (Å²) >= 11 is 0. The number of rotatable bonds is 5. The normalized spacial score (nSPS) is 10.4. The second kappa shape index (κ2) is 6.51. The van der Waals surface area contributed by atoms with Gasteiger partial charge in [-0.3, -0.25) is 4.79 Å². The molecule has 0 saturated carbocycles. The van der Waals surface area contributed by atoms with Crippen molar-refractivity contribution < 1.29 is 28.3 Å². The number of aromatic amines is 1. The Morgan fingerprint density at radius 1 is 1.17 bits per heavy atom. The Morgan fingerprint density at radius 2 is 1.87 bits per heavy atom. The van der Waals surface area contributed by atoms with Crippen molar-refractivity contribution in [2.24, 2.45) is 0 Å². The SMILES string of the molecule is COC(=O)c1ccc(COC(=O)c2[nH]c(C)c(C(C)=O)c2C)o1. The molecule has 2 aromatic rings. The Kier molecular flexibility index (Phi) is 4.68. The van der Waals surface area contributed by atoms with Crippen molar-refractivity contribution in [3.8, 4) is 0 Å². The number of carbonyl (C=O) groups is 3. The molecule has 0 atom stereocenters. The van der Waals surface area contributed by atoms with Crippen molar-refractivity contribution in [2.75, 3.05) is 7.11 Å². The Morgan fingerprint density at radius 3 is 2.43 bits per heavy atom. The second-order valence-corrected chi connectivity index (χ2v) is 5.01. The van der Waals surface area contributed by atoms with E-state index in [9.17, 15) is 14.4 Å². The Bertz CT molecular complexity index is 768. The number of furan rings is 1. The van der Waals surface area contributed by atoms with Gasteiger partial charge in [0.15, 0.2) is 5.78 Å². The van der Waals surface area contributed by atoms with Crippen molar-refractivity contribution >= 4 is 17.7 Å². The lowest BCUT2D eigenvalue weighted by molar-refractivity contribution is 0.0431. The van der Waals surface area contributed by atoms with Gasteiger partial charge < -0.3 is 18.9 Å². The summed E-state index contributed by atoms with van der Waals surface area (Å²) in [4.78, 5) is 37.8. The molecule has 7 heteroatoms. The molecule has 0 aliphatic rings. The highest BCUT2D eigenvalue weighted by Crippen LogP contribution is 2.20. The van der Waals surface area contributed by atoms with Gasteiger partial charge in [-0.2, -0.15) is 0 Å². The van der Waals surface area contributed by atoms with E-state index >= 15 is 0 Å².